The van der Waals surface area contributed by atoms with Gasteiger partial charge in [0, 0.05) is 32.2 Å². The zero-order valence-corrected chi connectivity index (χ0v) is 18.8. The number of halogens is 1. The van der Waals surface area contributed by atoms with Crippen molar-refractivity contribution in [3.05, 3.63) is 16.6 Å². The van der Waals surface area contributed by atoms with Gasteiger partial charge in [0.2, 0.25) is 0 Å². The summed E-state index contributed by atoms with van der Waals surface area (Å²) in [6.07, 6.45) is -0.136. The number of nitrogens with zero attached hydrogens (tertiary/aromatic N) is 3. The molecule has 148 valence electrons. The lowest BCUT2D eigenvalue weighted by molar-refractivity contribution is 0.0240. The Morgan fingerprint density at radius 3 is 2.48 bits per heavy atom. The van der Waals surface area contributed by atoms with Gasteiger partial charge in [-0.25, -0.2) is 9.78 Å². The Morgan fingerprint density at radius 1 is 1.22 bits per heavy atom. The van der Waals surface area contributed by atoms with Crippen LogP contribution in [-0.4, -0.2) is 53.9 Å². The van der Waals surface area contributed by atoms with Crippen LogP contribution in [0.2, 0.25) is 0 Å². The molecule has 1 aromatic heterocycles. The van der Waals surface area contributed by atoms with E-state index in [2.05, 4.69) is 26.9 Å². The minimum Gasteiger partial charge on any atom is -0.490 e. The first-order valence-corrected chi connectivity index (χ1v) is 10.7. The van der Waals surface area contributed by atoms with Crippen LogP contribution in [0.4, 0.5) is 9.93 Å². The zero-order valence-electron chi connectivity index (χ0n) is 16.4. The lowest BCUT2D eigenvalue weighted by Gasteiger charge is -2.35. The van der Waals surface area contributed by atoms with Crippen molar-refractivity contribution < 1.29 is 14.3 Å². The molecule has 1 saturated heterocycles. The summed E-state index contributed by atoms with van der Waals surface area (Å²) >= 11 is 5.24. The van der Waals surface area contributed by atoms with Crippen molar-refractivity contribution in [3.63, 3.8) is 0 Å². The highest BCUT2D eigenvalue weighted by molar-refractivity contribution is 9.10. The topological polar surface area (TPSA) is 54.9 Å². The molecule has 1 fully saturated rings. The Bertz CT molecular complexity index is 823. The number of hydrogen-bond acceptors (Lipinski definition) is 6. The van der Waals surface area contributed by atoms with Crippen molar-refractivity contribution in [1.82, 2.24) is 9.88 Å². The van der Waals surface area contributed by atoms with Crippen LogP contribution in [0.25, 0.3) is 10.2 Å². The van der Waals surface area contributed by atoms with Crippen LogP contribution in [-0.2, 0) is 4.74 Å². The summed E-state index contributed by atoms with van der Waals surface area (Å²) < 4.78 is 13.3. The van der Waals surface area contributed by atoms with Gasteiger partial charge in [-0.15, -0.1) is 0 Å². The number of ether oxygens (including phenoxy) is 2. The van der Waals surface area contributed by atoms with Gasteiger partial charge in [-0.05, 0) is 56.6 Å². The molecule has 2 aromatic rings. The highest BCUT2D eigenvalue weighted by Gasteiger charge is 2.27. The number of carbonyl (C=O) groups is 1. The molecule has 2 heterocycles. The van der Waals surface area contributed by atoms with Crippen LogP contribution in [0.5, 0.6) is 5.75 Å². The van der Waals surface area contributed by atoms with Gasteiger partial charge in [-0.3, -0.25) is 0 Å². The average Bonchev–Trinajstić information content (AvgIpc) is 2.96. The van der Waals surface area contributed by atoms with Gasteiger partial charge >= 0.3 is 6.09 Å². The van der Waals surface area contributed by atoms with E-state index in [-0.39, 0.29) is 12.2 Å². The van der Waals surface area contributed by atoms with E-state index in [0.29, 0.717) is 13.1 Å². The molecule has 0 N–H and O–H groups in total. The van der Waals surface area contributed by atoms with Crippen LogP contribution >= 0.6 is 27.3 Å². The summed E-state index contributed by atoms with van der Waals surface area (Å²) in [5, 5.41) is 0.974. The van der Waals surface area contributed by atoms with Crippen molar-refractivity contribution in [2.75, 3.05) is 31.1 Å². The molecule has 0 radical (unpaired) electrons. The van der Waals surface area contributed by atoms with Crippen molar-refractivity contribution in [2.45, 2.75) is 46.3 Å². The van der Waals surface area contributed by atoms with Crippen molar-refractivity contribution >= 4 is 48.7 Å². The van der Waals surface area contributed by atoms with Gasteiger partial charge < -0.3 is 19.3 Å². The fraction of sp³-hybridized carbons (Fsp3) is 0.579. The molecular weight excluding hydrogens is 430 g/mol. The highest BCUT2D eigenvalue weighted by Crippen LogP contribution is 2.36. The average molecular weight is 456 g/mol. The van der Waals surface area contributed by atoms with Crippen LogP contribution < -0.4 is 9.64 Å². The fourth-order valence-electron chi connectivity index (χ4n) is 2.80. The highest BCUT2D eigenvalue weighted by atomic mass is 79.9. The van der Waals surface area contributed by atoms with Crippen LogP contribution in [0.1, 0.15) is 34.6 Å². The summed E-state index contributed by atoms with van der Waals surface area (Å²) in [7, 11) is 0. The molecule has 0 bridgehead atoms. The second-order valence-electron chi connectivity index (χ2n) is 7.87. The number of fused-ring (bicyclic) bond motifs is 1. The summed E-state index contributed by atoms with van der Waals surface area (Å²) in [6.45, 7) is 12.4. The number of anilines is 1. The van der Waals surface area contributed by atoms with Gasteiger partial charge in [-0.1, -0.05) is 11.3 Å². The minimum atomic E-state index is -0.468. The zero-order chi connectivity index (χ0) is 19.8. The van der Waals surface area contributed by atoms with E-state index >= 15 is 0 Å². The Balaban J connectivity index is 1.69. The molecule has 0 unspecified atom stereocenters. The lowest BCUT2D eigenvalue weighted by atomic mass is 10.2. The Kier molecular flexibility index (Phi) is 5.86. The summed E-state index contributed by atoms with van der Waals surface area (Å²) in [5.74, 6) is 0.809. The molecule has 1 aromatic carbocycles. The van der Waals surface area contributed by atoms with Crippen molar-refractivity contribution in [1.29, 1.82) is 0 Å². The van der Waals surface area contributed by atoms with Crippen molar-refractivity contribution in [2.24, 2.45) is 0 Å². The number of amides is 1. The standard InChI is InChI=1S/C19H26BrN3O3S/c1-12(2)25-15-11-14-16(10-13(15)20)27-17(21-14)22-6-8-23(9-7-22)18(24)26-19(3,4)5/h10-12H,6-9H2,1-5H3. The Labute approximate surface area is 172 Å². The molecule has 3 rings (SSSR count). The molecule has 1 aliphatic heterocycles. The third-order valence-corrected chi connectivity index (χ3v) is 5.69. The molecule has 0 atom stereocenters. The third-order valence-electron chi connectivity index (χ3n) is 4.00. The number of aromatic nitrogens is 1. The summed E-state index contributed by atoms with van der Waals surface area (Å²) in [5.41, 5.74) is 0.466. The molecule has 1 amide bonds. The molecule has 0 aliphatic carbocycles. The predicted octanol–water partition coefficient (Wildman–Crippen LogP) is 4.90. The number of piperazine rings is 1. The second-order valence-corrected chi connectivity index (χ2v) is 9.73. The van der Waals surface area contributed by atoms with Gasteiger partial charge in [-0.2, -0.15) is 0 Å². The van der Waals surface area contributed by atoms with Crippen molar-refractivity contribution in [3.8, 4) is 5.75 Å². The SMILES string of the molecule is CC(C)Oc1cc2nc(N3CCN(C(=O)OC(C)(C)C)CC3)sc2cc1Br. The maximum absolute atomic E-state index is 12.2. The molecule has 0 spiro atoms. The van der Waals surface area contributed by atoms with Crippen LogP contribution in [0, 0.1) is 0 Å². The molecule has 1 aliphatic rings. The lowest BCUT2D eigenvalue weighted by Crippen LogP contribution is -2.50. The van der Waals surface area contributed by atoms with E-state index in [1.165, 1.54) is 0 Å². The second kappa shape index (κ2) is 7.83. The van der Waals surface area contributed by atoms with Crippen LogP contribution in [0.3, 0.4) is 0 Å². The molecular formula is C19H26BrN3O3S. The number of benzene rings is 1. The largest absolute Gasteiger partial charge is 0.490 e. The van der Waals surface area contributed by atoms with Gasteiger partial charge in [0.1, 0.15) is 11.4 Å². The van der Waals surface area contributed by atoms with E-state index in [1.807, 2.05) is 40.7 Å². The molecule has 8 heteroatoms. The Hall–Kier alpha value is -1.54. The summed E-state index contributed by atoms with van der Waals surface area (Å²) in [6, 6.07) is 4.04. The number of hydrogen-bond donors (Lipinski definition) is 0. The maximum atomic E-state index is 12.2. The van der Waals surface area contributed by atoms with Gasteiger partial charge in [0.25, 0.3) is 0 Å². The smallest absolute Gasteiger partial charge is 0.410 e. The monoisotopic (exact) mass is 455 g/mol. The number of carbonyl (C=O) groups excluding carboxylic acids is 1. The molecule has 0 saturated carbocycles. The third kappa shape index (κ3) is 5.04. The molecule has 6 nitrogen and oxygen atoms in total. The van der Waals surface area contributed by atoms with Gasteiger partial charge in [0.15, 0.2) is 5.13 Å². The summed E-state index contributed by atoms with van der Waals surface area (Å²) in [4.78, 5) is 21.0. The first kappa shape index (κ1) is 20.2. The number of rotatable bonds is 3. The number of thiazole rings is 1. The minimum absolute atomic E-state index is 0.109. The van der Waals surface area contributed by atoms with E-state index in [0.717, 1.165) is 38.7 Å². The van der Waals surface area contributed by atoms with E-state index in [4.69, 9.17) is 14.5 Å². The van der Waals surface area contributed by atoms with Crippen LogP contribution in [0.15, 0.2) is 16.6 Å². The van der Waals surface area contributed by atoms with Gasteiger partial charge in [0.05, 0.1) is 20.8 Å². The van der Waals surface area contributed by atoms with E-state index in [9.17, 15) is 4.79 Å². The first-order valence-electron chi connectivity index (χ1n) is 9.12. The predicted molar refractivity (Wildman–Crippen MR) is 113 cm³/mol. The fourth-order valence-corrected chi connectivity index (χ4v) is 4.43. The van der Waals surface area contributed by atoms with E-state index < -0.39 is 5.60 Å². The Morgan fingerprint density at radius 2 is 1.89 bits per heavy atom. The quantitative estimate of drug-likeness (QED) is 0.658. The first-order chi connectivity index (χ1) is 12.6. The normalized spacial score (nSPS) is 15.5. The maximum Gasteiger partial charge on any atom is 0.410 e. The van der Waals surface area contributed by atoms with E-state index in [1.54, 1.807) is 16.2 Å². The molecule has 27 heavy (non-hydrogen) atoms.